The van der Waals surface area contributed by atoms with E-state index in [1.54, 1.807) is 37.4 Å². The summed E-state index contributed by atoms with van der Waals surface area (Å²) < 4.78 is 10.1. The summed E-state index contributed by atoms with van der Waals surface area (Å²) in [7, 11) is 3.08. The van der Waals surface area contributed by atoms with E-state index in [2.05, 4.69) is 10.6 Å². The number of carbonyl (C=O) groups is 3. The number of hydrogen-bond donors (Lipinski definition) is 2. The van der Waals surface area contributed by atoms with Crippen LogP contribution in [0.25, 0.3) is 0 Å². The zero-order valence-electron chi connectivity index (χ0n) is 16.4. The Labute approximate surface area is 163 Å². The molecule has 0 bridgehead atoms. The van der Waals surface area contributed by atoms with Crippen molar-refractivity contribution in [3.8, 4) is 5.75 Å². The van der Waals surface area contributed by atoms with Crippen molar-refractivity contribution in [3.63, 3.8) is 0 Å². The van der Waals surface area contributed by atoms with Crippen LogP contribution in [0, 0.1) is 5.92 Å². The third-order valence-corrected chi connectivity index (χ3v) is 4.10. The van der Waals surface area contributed by atoms with Crippen LogP contribution in [0.4, 0.5) is 5.69 Å². The van der Waals surface area contributed by atoms with Crippen molar-refractivity contribution in [2.45, 2.75) is 19.9 Å². The Morgan fingerprint density at radius 1 is 1.14 bits per heavy atom. The molecule has 0 spiro atoms. The third-order valence-electron chi connectivity index (χ3n) is 4.10. The highest BCUT2D eigenvalue weighted by Gasteiger charge is 2.28. The number of benzene rings is 1. The Hall–Kier alpha value is -3.29. The van der Waals surface area contributed by atoms with Crippen LogP contribution in [0.1, 0.15) is 24.4 Å². The zero-order chi connectivity index (χ0) is 20.7. The summed E-state index contributed by atoms with van der Waals surface area (Å²) in [6.45, 7) is 3.48. The smallest absolute Gasteiger partial charge is 0.287 e. The van der Waals surface area contributed by atoms with Crippen molar-refractivity contribution >= 4 is 23.4 Å². The lowest BCUT2D eigenvalue weighted by Crippen LogP contribution is -2.51. The molecule has 2 aromatic rings. The van der Waals surface area contributed by atoms with Crippen LogP contribution in [-0.4, -0.2) is 49.4 Å². The van der Waals surface area contributed by atoms with E-state index in [1.807, 2.05) is 13.8 Å². The summed E-state index contributed by atoms with van der Waals surface area (Å²) >= 11 is 0. The molecular formula is C20H25N3O5. The molecule has 2 rings (SSSR count). The minimum atomic E-state index is -0.781. The van der Waals surface area contributed by atoms with Crippen LogP contribution in [0.3, 0.4) is 0 Å². The first-order valence-corrected chi connectivity index (χ1v) is 8.85. The van der Waals surface area contributed by atoms with Gasteiger partial charge in [0.25, 0.3) is 5.91 Å². The van der Waals surface area contributed by atoms with Gasteiger partial charge in [-0.3, -0.25) is 14.4 Å². The van der Waals surface area contributed by atoms with Gasteiger partial charge in [-0.1, -0.05) is 13.8 Å². The molecule has 8 heteroatoms. The lowest BCUT2D eigenvalue weighted by atomic mass is 10.0. The van der Waals surface area contributed by atoms with Gasteiger partial charge < -0.3 is 24.7 Å². The number of anilines is 1. The lowest BCUT2D eigenvalue weighted by molar-refractivity contribution is -0.135. The number of hydrogen-bond acceptors (Lipinski definition) is 5. The summed E-state index contributed by atoms with van der Waals surface area (Å²) in [5.41, 5.74) is 0.596. The molecular weight excluding hydrogens is 362 g/mol. The van der Waals surface area contributed by atoms with E-state index < -0.39 is 11.9 Å². The first kappa shape index (κ1) is 21.0. The van der Waals surface area contributed by atoms with Crippen molar-refractivity contribution in [1.82, 2.24) is 10.2 Å². The summed E-state index contributed by atoms with van der Waals surface area (Å²) in [6.07, 6.45) is 1.39. The molecule has 0 saturated heterocycles. The number of likely N-dealkylation sites (N-methyl/N-ethyl adjacent to an activating group) is 1. The lowest BCUT2D eigenvalue weighted by Gasteiger charge is -2.26. The van der Waals surface area contributed by atoms with Gasteiger partial charge in [0.05, 0.1) is 19.9 Å². The number of furan rings is 1. The monoisotopic (exact) mass is 387 g/mol. The summed E-state index contributed by atoms with van der Waals surface area (Å²) in [4.78, 5) is 38.5. The van der Waals surface area contributed by atoms with Gasteiger partial charge in [-0.2, -0.15) is 0 Å². The van der Waals surface area contributed by atoms with Crippen LogP contribution < -0.4 is 15.4 Å². The minimum Gasteiger partial charge on any atom is -0.497 e. The number of nitrogens with zero attached hydrogens (tertiary/aromatic N) is 1. The number of methoxy groups -OCH3 is 1. The van der Waals surface area contributed by atoms with E-state index in [9.17, 15) is 14.4 Å². The van der Waals surface area contributed by atoms with Gasteiger partial charge in [0, 0.05) is 12.7 Å². The van der Waals surface area contributed by atoms with Crippen molar-refractivity contribution in [2.75, 3.05) is 26.0 Å². The number of ether oxygens (including phenoxy) is 1. The molecule has 8 nitrogen and oxygen atoms in total. The highest BCUT2D eigenvalue weighted by Crippen LogP contribution is 2.15. The molecule has 1 atom stereocenters. The second-order valence-corrected chi connectivity index (χ2v) is 6.64. The van der Waals surface area contributed by atoms with Crippen molar-refractivity contribution in [1.29, 1.82) is 0 Å². The Balaban J connectivity index is 1.95. The molecule has 0 unspecified atom stereocenters. The van der Waals surface area contributed by atoms with E-state index in [0.29, 0.717) is 11.4 Å². The second kappa shape index (κ2) is 9.59. The first-order chi connectivity index (χ1) is 13.3. The number of carbonyl (C=O) groups excluding carboxylic acids is 3. The molecule has 28 heavy (non-hydrogen) atoms. The molecule has 0 aliphatic rings. The fourth-order valence-corrected chi connectivity index (χ4v) is 2.54. The molecule has 0 aliphatic carbocycles. The highest BCUT2D eigenvalue weighted by molar-refractivity contribution is 5.98. The largest absolute Gasteiger partial charge is 0.497 e. The Morgan fingerprint density at radius 2 is 1.82 bits per heavy atom. The molecule has 0 saturated carbocycles. The molecule has 0 aliphatic heterocycles. The van der Waals surface area contributed by atoms with E-state index in [4.69, 9.17) is 9.15 Å². The number of amides is 3. The topological polar surface area (TPSA) is 101 Å². The third kappa shape index (κ3) is 5.60. The summed E-state index contributed by atoms with van der Waals surface area (Å²) in [5, 5.41) is 5.39. The fraction of sp³-hybridized carbons (Fsp3) is 0.350. The van der Waals surface area contributed by atoms with Crippen molar-refractivity contribution in [2.24, 2.45) is 5.92 Å². The van der Waals surface area contributed by atoms with Gasteiger partial charge in [-0.05, 0) is 42.3 Å². The molecule has 150 valence electrons. The average molecular weight is 387 g/mol. The Morgan fingerprint density at radius 3 is 2.36 bits per heavy atom. The average Bonchev–Trinajstić information content (AvgIpc) is 3.20. The van der Waals surface area contributed by atoms with Crippen molar-refractivity contribution in [3.05, 3.63) is 48.4 Å². The molecule has 1 aromatic heterocycles. The maximum Gasteiger partial charge on any atom is 0.287 e. The molecule has 3 amide bonds. The summed E-state index contributed by atoms with van der Waals surface area (Å²) in [5.74, 6) is -0.553. The van der Waals surface area contributed by atoms with Crippen LogP contribution >= 0.6 is 0 Å². The van der Waals surface area contributed by atoms with Gasteiger partial charge in [0.1, 0.15) is 11.8 Å². The van der Waals surface area contributed by atoms with Gasteiger partial charge in [-0.25, -0.2) is 0 Å². The molecule has 1 heterocycles. The molecule has 0 fully saturated rings. The quantitative estimate of drug-likeness (QED) is 0.723. The van der Waals surface area contributed by atoms with Crippen LogP contribution in [0.2, 0.25) is 0 Å². The number of nitrogens with one attached hydrogen (secondary N) is 2. The highest BCUT2D eigenvalue weighted by atomic mass is 16.5. The number of rotatable bonds is 8. The maximum absolute atomic E-state index is 12.7. The van der Waals surface area contributed by atoms with Gasteiger partial charge in [-0.15, -0.1) is 0 Å². The molecule has 1 aromatic carbocycles. The zero-order valence-corrected chi connectivity index (χ0v) is 16.4. The van der Waals surface area contributed by atoms with Crippen LogP contribution in [0.15, 0.2) is 47.1 Å². The van der Waals surface area contributed by atoms with Crippen LogP contribution in [-0.2, 0) is 9.59 Å². The normalized spacial score (nSPS) is 11.6. The Kier molecular flexibility index (Phi) is 7.20. The molecule has 2 N–H and O–H groups in total. The van der Waals surface area contributed by atoms with Crippen LogP contribution in [0.5, 0.6) is 5.75 Å². The maximum atomic E-state index is 12.7. The van der Waals surface area contributed by atoms with Gasteiger partial charge in [0.15, 0.2) is 5.76 Å². The fourth-order valence-electron chi connectivity index (χ4n) is 2.54. The Bertz CT molecular complexity index is 800. The standard InChI is InChI=1S/C20H25N3O5/c1-13(2)18(22-19(25)16-6-5-11-28-16)20(26)23(3)12-17(24)21-14-7-9-15(27-4)10-8-14/h5-11,13,18H,12H2,1-4H3,(H,21,24)(H,22,25)/t18-/m1/s1. The predicted octanol–water partition coefficient (Wildman–Crippen LogP) is 2.14. The summed E-state index contributed by atoms with van der Waals surface area (Å²) in [6, 6.07) is 9.20. The van der Waals surface area contributed by atoms with E-state index >= 15 is 0 Å². The second-order valence-electron chi connectivity index (χ2n) is 6.64. The van der Waals surface area contributed by atoms with Gasteiger partial charge in [0.2, 0.25) is 11.8 Å². The first-order valence-electron chi connectivity index (χ1n) is 8.85. The van der Waals surface area contributed by atoms with E-state index in [-0.39, 0.29) is 30.0 Å². The SMILES string of the molecule is COc1ccc(NC(=O)CN(C)C(=O)[C@H](NC(=O)c2ccco2)C(C)C)cc1. The van der Waals surface area contributed by atoms with Crippen molar-refractivity contribution < 1.29 is 23.5 Å². The van der Waals surface area contributed by atoms with E-state index in [0.717, 1.165) is 0 Å². The minimum absolute atomic E-state index is 0.123. The molecule has 0 radical (unpaired) electrons. The predicted molar refractivity (Wildman–Crippen MR) is 104 cm³/mol. The van der Waals surface area contributed by atoms with E-state index in [1.165, 1.54) is 24.3 Å². The van der Waals surface area contributed by atoms with Gasteiger partial charge >= 0.3 is 0 Å².